The van der Waals surface area contributed by atoms with E-state index in [1.807, 2.05) is 0 Å². The van der Waals surface area contributed by atoms with Crippen molar-refractivity contribution in [3.63, 3.8) is 0 Å². The monoisotopic (exact) mass is 200 g/mol. The molecule has 1 fully saturated rings. The van der Waals surface area contributed by atoms with Crippen LogP contribution in [0.2, 0.25) is 0 Å². The van der Waals surface area contributed by atoms with Gasteiger partial charge in [-0.2, -0.15) is 0 Å². The van der Waals surface area contributed by atoms with Crippen molar-refractivity contribution in [2.24, 2.45) is 0 Å². The van der Waals surface area contributed by atoms with E-state index in [-0.39, 0.29) is 19.0 Å². The number of amides is 2. The van der Waals surface area contributed by atoms with Crippen LogP contribution in [0.5, 0.6) is 0 Å². The second kappa shape index (κ2) is 4.83. The smallest absolute Gasteiger partial charge is 0.317 e. The molecule has 1 aliphatic carbocycles. The molecule has 5 heteroatoms. The molecule has 80 valence electrons. The molecule has 2 amide bonds. The highest BCUT2D eigenvalue weighted by atomic mass is 16.4. The Labute approximate surface area is 83.1 Å². The van der Waals surface area contributed by atoms with Gasteiger partial charge in [0.05, 0.1) is 6.42 Å². The van der Waals surface area contributed by atoms with Gasteiger partial charge in [-0.05, 0) is 19.3 Å². The maximum absolute atomic E-state index is 11.4. The van der Waals surface area contributed by atoms with E-state index in [2.05, 4.69) is 5.32 Å². The number of rotatable bonds is 4. The normalized spacial score (nSPS) is 15.8. The van der Waals surface area contributed by atoms with Crippen LogP contribution in [0, 0.1) is 0 Å². The molecule has 0 saturated heterocycles. The molecular weight excluding hydrogens is 184 g/mol. The van der Waals surface area contributed by atoms with Gasteiger partial charge in [-0.1, -0.05) is 0 Å². The highest BCUT2D eigenvalue weighted by Crippen LogP contribution is 2.23. The first-order valence-corrected chi connectivity index (χ1v) is 4.83. The number of hydrogen-bond donors (Lipinski definition) is 2. The lowest BCUT2D eigenvalue weighted by Gasteiger charge is -2.34. The Kier molecular flexibility index (Phi) is 3.73. The zero-order chi connectivity index (χ0) is 10.6. The van der Waals surface area contributed by atoms with Crippen LogP contribution in [-0.2, 0) is 4.79 Å². The summed E-state index contributed by atoms with van der Waals surface area (Å²) in [6, 6.07) is 0.177. The van der Waals surface area contributed by atoms with Crippen molar-refractivity contribution in [2.45, 2.75) is 31.7 Å². The van der Waals surface area contributed by atoms with Gasteiger partial charge >= 0.3 is 12.0 Å². The van der Waals surface area contributed by atoms with Gasteiger partial charge in [-0.3, -0.25) is 4.79 Å². The molecule has 1 rings (SSSR count). The average Bonchev–Trinajstić information content (AvgIpc) is 2.00. The average molecular weight is 200 g/mol. The molecule has 0 aromatic heterocycles. The number of nitrogens with zero attached hydrogens (tertiary/aromatic N) is 1. The number of nitrogens with one attached hydrogen (secondary N) is 1. The molecule has 5 nitrogen and oxygen atoms in total. The van der Waals surface area contributed by atoms with Gasteiger partial charge in [0.2, 0.25) is 0 Å². The van der Waals surface area contributed by atoms with Gasteiger partial charge in [0.15, 0.2) is 0 Å². The highest BCUT2D eigenvalue weighted by molar-refractivity contribution is 5.75. The van der Waals surface area contributed by atoms with Gasteiger partial charge in [0.25, 0.3) is 0 Å². The second-order valence-corrected chi connectivity index (χ2v) is 3.57. The fraction of sp³-hybridized carbons (Fsp3) is 0.778. The van der Waals surface area contributed by atoms with Crippen LogP contribution in [0.25, 0.3) is 0 Å². The Morgan fingerprint density at radius 3 is 2.57 bits per heavy atom. The lowest BCUT2D eigenvalue weighted by atomic mass is 9.92. The summed E-state index contributed by atoms with van der Waals surface area (Å²) in [5.74, 6) is -0.892. The topological polar surface area (TPSA) is 69.6 Å². The standard InChI is InChI=1S/C9H16N2O3/c1-11(7-3-2-4-7)9(14)10-6-5-8(12)13/h7H,2-6H2,1H3,(H,10,14)(H,12,13). The summed E-state index contributed by atoms with van der Waals surface area (Å²) in [7, 11) is 1.75. The summed E-state index contributed by atoms with van der Waals surface area (Å²) in [4.78, 5) is 23.2. The van der Waals surface area contributed by atoms with Crippen molar-refractivity contribution in [3.8, 4) is 0 Å². The number of aliphatic carboxylic acids is 1. The number of urea groups is 1. The SMILES string of the molecule is CN(C(=O)NCCC(=O)O)C1CCC1. The van der Waals surface area contributed by atoms with Gasteiger partial charge in [-0.25, -0.2) is 4.79 Å². The largest absolute Gasteiger partial charge is 0.481 e. The van der Waals surface area contributed by atoms with Crippen LogP contribution in [-0.4, -0.2) is 41.6 Å². The first kappa shape index (κ1) is 10.8. The number of carboxylic acids is 1. The minimum atomic E-state index is -0.892. The fourth-order valence-corrected chi connectivity index (χ4v) is 1.34. The van der Waals surface area contributed by atoms with Crippen molar-refractivity contribution >= 4 is 12.0 Å². The summed E-state index contributed by atoms with van der Waals surface area (Å²) >= 11 is 0. The molecule has 1 aliphatic rings. The molecule has 0 aromatic rings. The Hall–Kier alpha value is -1.26. The Morgan fingerprint density at radius 1 is 1.50 bits per heavy atom. The van der Waals surface area contributed by atoms with Crippen molar-refractivity contribution in [2.75, 3.05) is 13.6 Å². The Balaban J connectivity index is 2.16. The van der Waals surface area contributed by atoms with E-state index in [9.17, 15) is 9.59 Å². The molecule has 0 radical (unpaired) electrons. The molecule has 14 heavy (non-hydrogen) atoms. The summed E-state index contributed by atoms with van der Waals surface area (Å²) in [5.41, 5.74) is 0. The van der Waals surface area contributed by atoms with E-state index in [0.717, 1.165) is 12.8 Å². The van der Waals surface area contributed by atoms with E-state index < -0.39 is 5.97 Å². The van der Waals surface area contributed by atoms with Crippen LogP contribution >= 0.6 is 0 Å². The van der Waals surface area contributed by atoms with Gasteiger partial charge in [0, 0.05) is 19.6 Å². The van der Waals surface area contributed by atoms with Crippen LogP contribution < -0.4 is 5.32 Å². The summed E-state index contributed by atoms with van der Waals surface area (Å²) in [6.07, 6.45) is 3.27. The predicted molar refractivity (Wildman–Crippen MR) is 51.1 cm³/mol. The predicted octanol–water partition coefficient (Wildman–Crippen LogP) is 0.655. The van der Waals surface area contributed by atoms with Gasteiger partial charge < -0.3 is 15.3 Å². The number of carboxylic acid groups (broad SMARTS) is 1. The third kappa shape index (κ3) is 2.90. The maximum atomic E-state index is 11.4. The molecule has 0 aliphatic heterocycles. The molecule has 0 aromatic carbocycles. The minimum Gasteiger partial charge on any atom is -0.481 e. The molecule has 1 saturated carbocycles. The van der Waals surface area contributed by atoms with Crippen molar-refractivity contribution in [1.29, 1.82) is 0 Å². The zero-order valence-electron chi connectivity index (χ0n) is 8.32. The van der Waals surface area contributed by atoms with Crippen molar-refractivity contribution < 1.29 is 14.7 Å². The summed E-state index contributed by atoms with van der Waals surface area (Å²) in [6.45, 7) is 0.200. The summed E-state index contributed by atoms with van der Waals surface area (Å²) in [5, 5.41) is 10.9. The minimum absolute atomic E-state index is 0.0236. The molecule has 0 atom stereocenters. The lowest BCUT2D eigenvalue weighted by molar-refractivity contribution is -0.136. The van der Waals surface area contributed by atoms with E-state index in [4.69, 9.17) is 5.11 Å². The van der Waals surface area contributed by atoms with Crippen LogP contribution in [0.1, 0.15) is 25.7 Å². The van der Waals surface area contributed by atoms with Crippen molar-refractivity contribution in [3.05, 3.63) is 0 Å². The van der Waals surface area contributed by atoms with E-state index in [1.165, 1.54) is 6.42 Å². The molecule has 0 bridgehead atoms. The third-order valence-corrected chi connectivity index (χ3v) is 2.56. The van der Waals surface area contributed by atoms with Crippen molar-refractivity contribution in [1.82, 2.24) is 10.2 Å². The number of carbonyl (C=O) groups excluding carboxylic acids is 1. The van der Waals surface area contributed by atoms with Gasteiger partial charge in [0.1, 0.15) is 0 Å². The lowest BCUT2D eigenvalue weighted by Crippen LogP contribution is -2.46. The number of carbonyl (C=O) groups is 2. The summed E-state index contributed by atoms with van der Waals surface area (Å²) < 4.78 is 0. The van der Waals surface area contributed by atoms with Crippen LogP contribution in [0.3, 0.4) is 0 Å². The molecule has 0 heterocycles. The Bertz CT molecular complexity index is 226. The molecule has 2 N–H and O–H groups in total. The first-order chi connectivity index (χ1) is 6.61. The van der Waals surface area contributed by atoms with E-state index in [0.29, 0.717) is 6.04 Å². The zero-order valence-corrected chi connectivity index (χ0v) is 8.32. The molecular formula is C9H16N2O3. The second-order valence-electron chi connectivity index (χ2n) is 3.57. The van der Waals surface area contributed by atoms with Crippen LogP contribution in [0.4, 0.5) is 4.79 Å². The molecule has 0 unspecified atom stereocenters. The van der Waals surface area contributed by atoms with Crippen LogP contribution in [0.15, 0.2) is 0 Å². The maximum Gasteiger partial charge on any atom is 0.317 e. The number of hydrogen-bond acceptors (Lipinski definition) is 2. The third-order valence-electron chi connectivity index (χ3n) is 2.56. The Morgan fingerprint density at radius 2 is 2.14 bits per heavy atom. The van der Waals surface area contributed by atoms with E-state index in [1.54, 1.807) is 11.9 Å². The highest BCUT2D eigenvalue weighted by Gasteiger charge is 2.25. The fourth-order valence-electron chi connectivity index (χ4n) is 1.34. The molecule has 0 spiro atoms. The quantitative estimate of drug-likeness (QED) is 0.700. The van der Waals surface area contributed by atoms with Gasteiger partial charge in [-0.15, -0.1) is 0 Å². The first-order valence-electron chi connectivity index (χ1n) is 4.83. The van der Waals surface area contributed by atoms with E-state index >= 15 is 0 Å².